The van der Waals surface area contributed by atoms with E-state index in [0.29, 0.717) is 21.8 Å². The first-order chi connectivity index (χ1) is 16.8. The maximum Gasteiger partial charge on any atom is 0.455 e. The number of aryl methyl sites for hydroxylation is 2. The lowest BCUT2D eigenvalue weighted by Crippen LogP contribution is -2.42. The number of alkyl halides is 5. The minimum atomic E-state index is -5.76. The number of fused-ring (bicyclic) bond motifs is 1. The van der Waals surface area contributed by atoms with Gasteiger partial charge in [0.2, 0.25) is 5.95 Å². The van der Waals surface area contributed by atoms with E-state index in [9.17, 15) is 37.3 Å². The topological polar surface area (TPSA) is 136 Å². The molecule has 36 heavy (non-hydrogen) atoms. The summed E-state index contributed by atoms with van der Waals surface area (Å²) in [5.41, 5.74) is 1.85. The normalized spacial score (nSPS) is 22.8. The number of rotatable bonds is 7. The fourth-order valence-electron chi connectivity index (χ4n) is 4.02. The molecule has 3 aromatic rings. The van der Waals surface area contributed by atoms with Crippen LogP contribution >= 0.6 is 11.3 Å². The number of hydrogen-bond acceptors (Lipinski definition) is 10. The second-order valence-electron chi connectivity index (χ2n) is 8.58. The van der Waals surface area contributed by atoms with Gasteiger partial charge in [-0.1, -0.05) is 0 Å². The Bertz CT molecular complexity index is 1260. The summed E-state index contributed by atoms with van der Waals surface area (Å²) >= 11 is 1.27. The van der Waals surface area contributed by atoms with Gasteiger partial charge in [0.05, 0.1) is 40.3 Å². The van der Waals surface area contributed by atoms with Crippen LogP contribution in [0.2, 0.25) is 0 Å². The minimum absolute atomic E-state index is 0.0137. The van der Waals surface area contributed by atoms with Gasteiger partial charge in [-0.2, -0.15) is 26.9 Å². The van der Waals surface area contributed by atoms with Crippen LogP contribution in [-0.4, -0.2) is 78.8 Å². The summed E-state index contributed by atoms with van der Waals surface area (Å²) in [6.07, 6.45) is -6.51. The lowest BCUT2D eigenvalue weighted by molar-refractivity contribution is -0.275. The van der Waals surface area contributed by atoms with Crippen LogP contribution in [-0.2, 0) is 0 Å². The number of aliphatic hydroxyl groups is 3. The Morgan fingerprint density at radius 2 is 1.78 bits per heavy atom. The standard InChI is InChI=1S/C21H23F5N6O3S/c1-8-13(18-31-14-9(2)27-4-3-12(14)36-18)17(30-11-5-10(6-33)15(34)16(11)35)32-19(29-8)28-7-20(22,23)21(24,25)26/h3-4,10-11,15-16,33-35H,5-7H2,1-2H3,(H2,28,29,30,32)/t10-,11-,15-,16+/m1/s1. The predicted molar refractivity (Wildman–Crippen MR) is 122 cm³/mol. The molecule has 5 N–H and O–H groups in total. The van der Waals surface area contributed by atoms with Crippen LogP contribution in [0, 0.1) is 19.8 Å². The molecule has 0 aliphatic heterocycles. The van der Waals surface area contributed by atoms with Crippen LogP contribution in [0.25, 0.3) is 20.8 Å². The smallest absolute Gasteiger partial charge is 0.396 e. The van der Waals surface area contributed by atoms with Gasteiger partial charge in [0.1, 0.15) is 22.4 Å². The third-order valence-electron chi connectivity index (χ3n) is 6.04. The molecule has 0 amide bonds. The Morgan fingerprint density at radius 3 is 2.39 bits per heavy atom. The summed E-state index contributed by atoms with van der Waals surface area (Å²) < 4.78 is 65.5. The number of nitrogens with one attached hydrogen (secondary N) is 2. The van der Waals surface area contributed by atoms with Crippen LogP contribution in [0.3, 0.4) is 0 Å². The Kier molecular flexibility index (Phi) is 7.02. The van der Waals surface area contributed by atoms with Crippen molar-refractivity contribution in [2.75, 3.05) is 23.8 Å². The number of nitrogens with zero attached hydrogens (tertiary/aromatic N) is 4. The largest absolute Gasteiger partial charge is 0.455 e. The molecule has 9 nitrogen and oxygen atoms in total. The zero-order valence-electron chi connectivity index (χ0n) is 19.0. The Labute approximate surface area is 205 Å². The van der Waals surface area contributed by atoms with E-state index in [1.165, 1.54) is 18.3 Å². The molecule has 1 saturated carbocycles. The molecule has 4 rings (SSSR count). The lowest BCUT2D eigenvalue weighted by Gasteiger charge is -2.22. The fourth-order valence-corrected chi connectivity index (χ4v) is 5.13. The van der Waals surface area contributed by atoms with Crippen molar-refractivity contribution in [3.05, 3.63) is 23.7 Å². The van der Waals surface area contributed by atoms with Gasteiger partial charge in [-0.15, -0.1) is 11.3 Å². The number of thiazole rings is 1. The number of aromatic nitrogens is 4. The average Bonchev–Trinajstić information content (AvgIpc) is 3.34. The highest BCUT2D eigenvalue weighted by Crippen LogP contribution is 2.39. The number of aliphatic hydroxyl groups excluding tert-OH is 3. The molecule has 1 fully saturated rings. The van der Waals surface area contributed by atoms with E-state index in [2.05, 4.69) is 25.3 Å². The highest BCUT2D eigenvalue weighted by Gasteiger charge is 2.57. The fraction of sp³-hybridized carbons (Fsp3) is 0.524. The van der Waals surface area contributed by atoms with Gasteiger partial charge in [0.25, 0.3) is 0 Å². The van der Waals surface area contributed by atoms with Crippen LogP contribution in [0.15, 0.2) is 12.3 Å². The molecule has 0 spiro atoms. The summed E-state index contributed by atoms with van der Waals surface area (Å²) in [5, 5.41) is 35.4. The highest BCUT2D eigenvalue weighted by molar-refractivity contribution is 7.21. The first-order valence-corrected chi connectivity index (χ1v) is 11.7. The predicted octanol–water partition coefficient (Wildman–Crippen LogP) is 2.89. The van der Waals surface area contributed by atoms with Crippen molar-refractivity contribution in [1.29, 1.82) is 0 Å². The first kappa shape index (κ1) is 26.3. The second kappa shape index (κ2) is 9.61. The van der Waals surface area contributed by atoms with Crippen LogP contribution in [0.5, 0.6) is 0 Å². The summed E-state index contributed by atoms with van der Waals surface area (Å²) in [6, 6.07) is 0.956. The molecule has 0 aromatic carbocycles. The van der Waals surface area contributed by atoms with E-state index >= 15 is 0 Å². The van der Waals surface area contributed by atoms with E-state index in [1.807, 2.05) is 5.32 Å². The molecule has 0 bridgehead atoms. The maximum absolute atomic E-state index is 13.5. The lowest BCUT2D eigenvalue weighted by atomic mass is 10.1. The van der Waals surface area contributed by atoms with Crippen molar-refractivity contribution >= 4 is 33.3 Å². The van der Waals surface area contributed by atoms with Gasteiger partial charge >= 0.3 is 12.1 Å². The number of hydrogen-bond donors (Lipinski definition) is 5. The molecule has 4 atom stereocenters. The average molecular weight is 535 g/mol. The van der Waals surface area contributed by atoms with Gasteiger partial charge in [0.15, 0.2) is 0 Å². The van der Waals surface area contributed by atoms with Crippen molar-refractivity contribution in [2.24, 2.45) is 5.92 Å². The molecular weight excluding hydrogens is 511 g/mol. The van der Waals surface area contributed by atoms with Crippen molar-refractivity contribution in [1.82, 2.24) is 19.9 Å². The minimum Gasteiger partial charge on any atom is -0.396 e. The van der Waals surface area contributed by atoms with Gasteiger partial charge in [0, 0.05) is 18.7 Å². The van der Waals surface area contributed by atoms with Crippen molar-refractivity contribution in [3.63, 3.8) is 0 Å². The molecule has 196 valence electrons. The summed E-state index contributed by atoms with van der Waals surface area (Å²) in [4.78, 5) is 17.0. The van der Waals surface area contributed by atoms with Crippen molar-refractivity contribution in [3.8, 4) is 10.6 Å². The van der Waals surface area contributed by atoms with Crippen molar-refractivity contribution in [2.45, 2.75) is 50.6 Å². The van der Waals surface area contributed by atoms with Gasteiger partial charge in [-0.05, 0) is 26.3 Å². The number of halogens is 5. The number of pyridine rings is 1. The van der Waals surface area contributed by atoms with E-state index in [4.69, 9.17) is 0 Å². The number of anilines is 2. The summed E-state index contributed by atoms with van der Waals surface area (Å²) in [6.45, 7) is 1.13. The Morgan fingerprint density at radius 1 is 1.06 bits per heavy atom. The summed E-state index contributed by atoms with van der Waals surface area (Å²) in [5.74, 6) is -6.12. The van der Waals surface area contributed by atoms with E-state index in [-0.39, 0.29) is 24.5 Å². The molecule has 1 aliphatic carbocycles. The molecule has 3 aromatic heterocycles. The van der Waals surface area contributed by atoms with Crippen LogP contribution in [0.1, 0.15) is 17.8 Å². The van der Waals surface area contributed by atoms with E-state index in [1.54, 1.807) is 19.2 Å². The second-order valence-corrected chi connectivity index (χ2v) is 9.62. The molecule has 0 unspecified atom stereocenters. The molecule has 0 saturated heterocycles. The van der Waals surface area contributed by atoms with Gasteiger partial charge in [-0.25, -0.2) is 9.97 Å². The Hall–Kier alpha value is -2.75. The molecule has 15 heteroatoms. The van der Waals surface area contributed by atoms with E-state index < -0.39 is 48.8 Å². The quantitative estimate of drug-likeness (QED) is 0.290. The van der Waals surface area contributed by atoms with Crippen LogP contribution < -0.4 is 10.6 Å². The monoisotopic (exact) mass is 534 g/mol. The first-order valence-electron chi connectivity index (χ1n) is 10.9. The third kappa shape index (κ3) is 4.92. The SMILES string of the molecule is Cc1nc(NCC(F)(F)C(F)(F)F)nc(N[C@@H]2C[C@H](CO)[C@@H](O)[C@H]2O)c1-c1nc2c(C)nccc2s1. The van der Waals surface area contributed by atoms with Crippen LogP contribution in [0.4, 0.5) is 33.7 Å². The molecular formula is C21H23F5N6O3S. The Balaban J connectivity index is 1.75. The van der Waals surface area contributed by atoms with E-state index in [0.717, 1.165) is 4.70 Å². The maximum atomic E-state index is 13.5. The molecule has 3 heterocycles. The van der Waals surface area contributed by atoms with Crippen molar-refractivity contribution < 1.29 is 37.3 Å². The third-order valence-corrected chi connectivity index (χ3v) is 7.07. The summed E-state index contributed by atoms with van der Waals surface area (Å²) in [7, 11) is 0. The highest BCUT2D eigenvalue weighted by atomic mass is 32.1. The molecule has 0 radical (unpaired) electrons. The van der Waals surface area contributed by atoms with Gasteiger partial charge < -0.3 is 26.0 Å². The zero-order valence-corrected chi connectivity index (χ0v) is 19.8. The van der Waals surface area contributed by atoms with Gasteiger partial charge in [-0.3, -0.25) is 4.98 Å². The molecule has 1 aliphatic rings. The zero-order chi connectivity index (χ0) is 26.4.